The Balaban J connectivity index is 1.12. The van der Waals surface area contributed by atoms with Gasteiger partial charge in [-0.3, -0.25) is 5.32 Å². The molecule has 246 valence electrons. The van der Waals surface area contributed by atoms with Crippen molar-refractivity contribution in [3.8, 4) is 23.0 Å². The number of ether oxygens (including phenoxy) is 4. The number of aromatic nitrogens is 3. The molecule has 1 fully saturated rings. The third-order valence-corrected chi connectivity index (χ3v) is 8.85. The van der Waals surface area contributed by atoms with Crippen LogP contribution in [0.15, 0.2) is 54.9 Å². The average Bonchev–Trinajstić information content (AvgIpc) is 3.48. The first-order chi connectivity index (χ1) is 22.9. The molecule has 3 N–H and O–H groups in total. The lowest BCUT2D eigenvalue weighted by atomic mass is 10.2. The van der Waals surface area contributed by atoms with E-state index in [4.69, 9.17) is 18.9 Å². The number of hydrogen-bond donors (Lipinski definition) is 3. The highest BCUT2D eigenvalue weighted by molar-refractivity contribution is 7.22. The van der Waals surface area contributed by atoms with Gasteiger partial charge in [0.15, 0.2) is 16.6 Å². The van der Waals surface area contributed by atoms with Gasteiger partial charge >= 0.3 is 6.03 Å². The van der Waals surface area contributed by atoms with E-state index < -0.39 is 6.03 Å². The van der Waals surface area contributed by atoms with Crippen LogP contribution in [0.2, 0.25) is 0 Å². The third-order valence-electron chi connectivity index (χ3n) is 7.92. The normalized spacial score (nSPS) is 13.8. The topological polar surface area (TPSA) is 135 Å². The Kier molecular flexibility index (Phi) is 10.00. The fourth-order valence-corrected chi connectivity index (χ4v) is 6.23. The number of carbonyl (C=O) groups excluding carboxylic acids is 1. The number of nitrogens with one attached hydrogen (secondary N) is 3. The zero-order chi connectivity index (χ0) is 32.8. The molecule has 0 aliphatic carbocycles. The third kappa shape index (κ3) is 7.73. The first kappa shape index (κ1) is 32.0. The van der Waals surface area contributed by atoms with E-state index in [0.717, 1.165) is 66.0 Å². The number of nitrogens with zero attached hydrogens (tertiary/aromatic N) is 5. The van der Waals surface area contributed by atoms with E-state index in [2.05, 4.69) is 47.7 Å². The Morgan fingerprint density at radius 1 is 0.872 bits per heavy atom. The fourth-order valence-electron chi connectivity index (χ4n) is 5.33. The number of piperazine rings is 1. The van der Waals surface area contributed by atoms with Crippen LogP contribution in [-0.4, -0.2) is 98.5 Å². The van der Waals surface area contributed by atoms with E-state index in [0.29, 0.717) is 46.2 Å². The molecular formula is C33H38N8O5S. The second-order valence-electron chi connectivity index (χ2n) is 11.1. The van der Waals surface area contributed by atoms with Crippen LogP contribution < -0.4 is 34.9 Å². The molecular weight excluding hydrogens is 620 g/mol. The van der Waals surface area contributed by atoms with Crippen molar-refractivity contribution in [2.45, 2.75) is 6.42 Å². The highest BCUT2D eigenvalue weighted by Gasteiger charge is 2.16. The van der Waals surface area contributed by atoms with Crippen molar-refractivity contribution >= 4 is 60.8 Å². The van der Waals surface area contributed by atoms with Gasteiger partial charge in [0, 0.05) is 55.9 Å². The molecule has 2 amide bonds. The fraction of sp³-hybridized carbons (Fsp3) is 0.333. The van der Waals surface area contributed by atoms with E-state index >= 15 is 0 Å². The summed E-state index contributed by atoms with van der Waals surface area (Å²) in [5, 5.41) is 10.3. The molecule has 47 heavy (non-hydrogen) atoms. The number of rotatable bonds is 12. The van der Waals surface area contributed by atoms with Crippen LogP contribution in [0, 0.1) is 0 Å². The van der Waals surface area contributed by atoms with Crippen molar-refractivity contribution in [1.29, 1.82) is 0 Å². The van der Waals surface area contributed by atoms with Gasteiger partial charge in [-0.1, -0.05) is 11.3 Å². The van der Waals surface area contributed by atoms with Crippen LogP contribution in [0.3, 0.4) is 0 Å². The molecule has 0 bridgehead atoms. The van der Waals surface area contributed by atoms with Gasteiger partial charge in [-0.2, -0.15) is 0 Å². The Hall–Kier alpha value is -4.92. The summed E-state index contributed by atoms with van der Waals surface area (Å²) in [6.45, 7) is 5.99. The van der Waals surface area contributed by atoms with Gasteiger partial charge in [-0.15, -0.1) is 0 Å². The number of urea groups is 1. The molecule has 2 aromatic heterocycles. The highest BCUT2D eigenvalue weighted by atomic mass is 32.1. The summed E-state index contributed by atoms with van der Waals surface area (Å²) < 4.78 is 23.3. The van der Waals surface area contributed by atoms with Crippen LogP contribution in [0.1, 0.15) is 6.42 Å². The molecule has 6 rings (SSSR count). The Labute approximate surface area is 276 Å². The maximum absolute atomic E-state index is 12.8. The predicted octanol–water partition coefficient (Wildman–Crippen LogP) is 5.67. The zero-order valence-electron chi connectivity index (χ0n) is 26.8. The molecule has 5 aromatic rings. The quantitative estimate of drug-likeness (QED) is 0.143. The minimum absolute atomic E-state index is 0.449. The van der Waals surface area contributed by atoms with Crippen LogP contribution >= 0.6 is 11.3 Å². The molecule has 0 atom stereocenters. The Morgan fingerprint density at radius 3 is 2.49 bits per heavy atom. The lowest BCUT2D eigenvalue weighted by Crippen LogP contribution is -2.44. The van der Waals surface area contributed by atoms with Gasteiger partial charge in [0.2, 0.25) is 0 Å². The van der Waals surface area contributed by atoms with Crippen molar-refractivity contribution < 1.29 is 23.7 Å². The Morgan fingerprint density at radius 2 is 1.70 bits per heavy atom. The summed E-state index contributed by atoms with van der Waals surface area (Å²) in [5.41, 5.74) is 2.77. The molecule has 14 heteroatoms. The van der Waals surface area contributed by atoms with Gasteiger partial charge < -0.3 is 39.4 Å². The lowest BCUT2D eigenvalue weighted by Gasteiger charge is -2.32. The predicted molar refractivity (Wildman–Crippen MR) is 185 cm³/mol. The SMILES string of the molecule is COc1ccc(OC)c(NC(=O)Nc2nc3ccc(Nc4ncnc5cc(OCCCN6CCN(C)CC6)c(OC)cc45)cc3s2)c1. The average molecular weight is 659 g/mol. The van der Waals surface area contributed by atoms with Crippen LogP contribution in [0.5, 0.6) is 23.0 Å². The van der Waals surface area contributed by atoms with E-state index in [9.17, 15) is 4.79 Å². The molecule has 0 unspecified atom stereocenters. The molecule has 1 saturated heterocycles. The summed E-state index contributed by atoms with van der Waals surface area (Å²) in [4.78, 5) is 31.2. The van der Waals surface area contributed by atoms with Crippen molar-refractivity contribution in [2.75, 3.05) is 83.7 Å². The van der Waals surface area contributed by atoms with Crippen molar-refractivity contribution in [3.63, 3.8) is 0 Å². The van der Waals surface area contributed by atoms with Gasteiger partial charge in [0.25, 0.3) is 0 Å². The number of methoxy groups -OCH3 is 3. The summed E-state index contributed by atoms with van der Waals surface area (Å²) in [6.07, 6.45) is 2.46. The van der Waals surface area contributed by atoms with Crippen molar-refractivity contribution in [3.05, 3.63) is 54.9 Å². The molecule has 3 aromatic carbocycles. The molecule has 1 aliphatic heterocycles. The number of benzene rings is 3. The minimum Gasteiger partial charge on any atom is -0.497 e. The monoisotopic (exact) mass is 658 g/mol. The second kappa shape index (κ2) is 14.7. The molecule has 13 nitrogen and oxygen atoms in total. The first-order valence-electron chi connectivity index (χ1n) is 15.3. The molecule has 1 aliphatic rings. The van der Waals surface area contributed by atoms with E-state index in [1.54, 1.807) is 32.4 Å². The highest BCUT2D eigenvalue weighted by Crippen LogP contribution is 2.36. The Bertz CT molecular complexity index is 1860. The molecule has 0 saturated carbocycles. The number of fused-ring (bicyclic) bond motifs is 2. The van der Waals surface area contributed by atoms with Crippen molar-refractivity contribution in [2.24, 2.45) is 0 Å². The maximum atomic E-state index is 12.8. The smallest absolute Gasteiger partial charge is 0.325 e. The number of likely N-dealkylation sites (N-methyl/N-ethyl adjacent to an activating group) is 1. The van der Waals surface area contributed by atoms with E-state index in [-0.39, 0.29) is 0 Å². The number of amides is 2. The van der Waals surface area contributed by atoms with E-state index in [1.165, 1.54) is 24.8 Å². The standard InChI is InChI=1S/C33H38N8O5S/c1-40-11-13-41(14-12-40)10-5-15-46-29-19-25-23(18-28(29)45-4)31(35-20-34-25)36-21-6-8-24-30(16-21)47-33(38-24)39-32(42)37-26-17-22(43-2)7-9-27(26)44-3/h6-9,16-20H,5,10-15H2,1-4H3,(H,34,35,36)(H2,37,38,39,42). The van der Waals surface area contributed by atoms with Crippen LogP contribution in [0.25, 0.3) is 21.1 Å². The van der Waals surface area contributed by atoms with Gasteiger partial charge in [-0.05, 0) is 49.9 Å². The van der Waals surface area contributed by atoms with Gasteiger partial charge in [0.1, 0.15) is 23.6 Å². The molecule has 0 spiro atoms. The second-order valence-corrected chi connectivity index (χ2v) is 12.1. The molecule has 0 radical (unpaired) electrons. The summed E-state index contributed by atoms with van der Waals surface area (Å²) in [7, 11) is 6.89. The lowest BCUT2D eigenvalue weighted by molar-refractivity contribution is 0.145. The summed E-state index contributed by atoms with van der Waals surface area (Å²) in [6, 6.07) is 14.3. The minimum atomic E-state index is -0.450. The number of carbonyl (C=O) groups is 1. The first-order valence-corrected chi connectivity index (χ1v) is 16.1. The molecule has 3 heterocycles. The number of anilines is 4. The number of thiazole rings is 1. The number of hydrogen-bond acceptors (Lipinski definition) is 12. The zero-order valence-corrected chi connectivity index (χ0v) is 27.6. The summed E-state index contributed by atoms with van der Waals surface area (Å²) in [5.74, 6) is 3.01. The van der Waals surface area contributed by atoms with Crippen molar-refractivity contribution in [1.82, 2.24) is 24.8 Å². The van der Waals surface area contributed by atoms with Gasteiger partial charge in [-0.25, -0.2) is 19.7 Å². The summed E-state index contributed by atoms with van der Waals surface area (Å²) >= 11 is 1.36. The van der Waals surface area contributed by atoms with Crippen LogP contribution in [0.4, 0.5) is 27.1 Å². The van der Waals surface area contributed by atoms with Crippen LogP contribution in [-0.2, 0) is 0 Å². The van der Waals surface area contributed by atoms with E-state index in [1.807, 2.05) is 30.3 Å². The maximum Gasteiger partial charge on any atom is 0.325 e. The largest absolute Gasteiger partial charge is 0.497 e. The van der Waals surface area contributed by atoms with Gasteiger partial charge in [0.05, 0.1) is 49.4 Å².